The highest BCUT2D eigenvalue weighted by Gasteiger charge is 2.32. The van der Waals surface area contributed by atoms with E-state index in [4.69, 9.17) is 11.6 Å². The van der Waals surface area contributed by atoms with Crippen molar-refractivity contribution < 1.29 is 4.39 Å². The highest BCUT2D eigenvalue weighted by molar-refractivity contribution is 6.30. The molecule has 5 nitrogen and oxygen atoms in total. The van der Waals surface area contributed by atoms with Gasteiger partial charge in [0, 0.05) is 17.3 Å². The molecule has 1 heterocycles. The van der Waals surface area contributed by atoms with E-state index >= 15 is 0 Å². The summed E-state index contributed by atoms with van der Waals surface area (Å²) in [5.41, 5.74) is 0.492. The van der Waals surface area contributed by atoms with Gasteiger partial charge in [-0.05, 0) is 75.1 Å². The van der Waals surface area contributed by atoms with E-state index in [2.05, 4.69) is 49.5 Å². The summed E-state index contributed by atoms with van der Waals surface area (Å²) < 4.78 is 14.7. The van der Waals surface area contributed by atoms with E-state index in [1.54, 1.807) is 18.3 Å². The topological polar surface area (TPSA) is 63.1 Å². The van der Waals surface area contributed by atoms with Crippen LogP contribution in [0.3, 0.4) is 0 Å². The molecule has 1 aromatic heterocycles. The van der Waals surface area contributed by atoms with Crippen LogP contribution in [0.1, 0.15) is 56.5 Å². The zero-order chi connectivity index (χ0) is 23.3. The minimum absolute atomic E-state index is 0.0714. The van der Waals surface area contributed by atoms with Gasteiger partial charge in [0.2, 0.25) is 5.95 Å². The first kappa shape index (κ1) is 23.3. The van der Waals surface area contributed by atoms with Crippen molar-refractivity contribution in [2.24, 2.45) is 10.9 Å². The minimum Gasteiger partial charge on any atom is -0.351 e. The number of hydrogen-bond acceptors (Lipinski definition) is 5. The number of benzene rings is 2. The van der Waals surface area contributed by atoms with Crippen LogP contribution in [0.2, 0.25) is 5.02 Å². The number of hydrogen-bond donors (Lipinski definition) is 1. The van der Waals surface area contributed by atoms with Crippen molar-refractivity contribution >= 4 is 29.7 Å². The van der Waals surface area contributed by atoms with E-state index < -0.39 is 5.67 Å². The van der Waals surface area contributed by atoms with E-state index in [-0.39, 0.29) is 17.8 Å². The maximum Gasteiger partial charge on any atom is 0.254 e. The van der Waals surface area contributed by atoms with E-state index in [9.17, 15) is 4.39 Å². The molecule has 1 atom stereocenters. The van der Waals surface area contributed by atoms with Gasteiger partial charge < -0.3 is 5.32 Å². The zero-order valence-electron chi connectivity index (χ0n) is 19.0. The number of rotatable bonds is 10. The highest BCUT2D eigenvalue weighted by Crippen LogP contribution is 2.36. The predicted molar refractivity (Wildman–Crippen MR) is 132 cm³/mol. The van der Waals surface area contributed by atoms with Crippen molar-refractivity contribution in [2.45, 2.75) is 57.7 Å². The number of aryl methyl sites for hydroxylation is 1. The van der Waals surface area contributed by atoms with Crippen LogP contribution in [0.5, 0.6) is 0 Å². The number of aliphatic imine (C=N–C) groups is 1. The monoisotopic (exact) mass is 465 g/mol. The number of alkyl halides is 1. The van der Waals surface area contributed by atoms with Crippen LogP contribution in [-0.2, 0) is 12.1 Å². The maximum atomic E-state index is 14.7. The van der Waals surface area contributed by atoms with Crippen molar-refractivity contribution in [3.63, 3.8) is 0 Å². The van der Waals surface area contributed by atoms with Gasteiger partial charge in [-0.25, -0.2) is 9.38 Å². The van der Waals surface area contributed by atoms with Crippen LogP contribution >= 0.6 is 11.6 Å². The molecule has 1 unspecified atom stereocenters. The normalized spacial score (nSPS) is 15.0. The second-order valence-corrected chi connectivity index (χ2v) is 9.47. The lowest BCUT2D eigenvalue weighted by molar-refractivity contribution is 0.206. The van der Waals surface area contributed by atoms with Gasteiger partial charge in [-0.15, -0.1) is 0 Å². The Morgan fingerprint density at radius 3 is 2.48 bits per heavy atom. The first-order valence-corrected chi connectivity index (χ1v) is 11.8. The molecular formula is C26H29ClFN5. The summed E-state index contributed by atoms with van der Waals surface area (Å²) in [7, 11) is 0. The second-order valence-electron chi connectivity index (χ2n) is 9.03. The zero-order valence-corrected chi connectivity index (χ0v) is 19.8. The van der Waals surface area contributed by atoms with E-state index in [0.717, 1.165) is 24.8 Å². The number of nitrogens with one attached hydrogen (secondary N) is 1. The number of halogens is 2. The van der Waals surface area contributed by atoms with Crippen LogP contribution in [0.25, 0.3) is 0 Å². The average Bonchev–Trinajstić information content (AvgIpc) is 3.64. The number of aromatic nitrogens is 3. The Balaban J connectivity index is 1.49. The third-order valence-corrected chi connectivity index (χ3v) is 5.94. The molecule has 0 bridgehead atoms. The van der Waals surface area contributed by atoms with Crippen molar-refractivity contribution in [3.8, 4) is 0 Å². The molecule has 1 saturated carbocycles. The lowest BCUT2D eigenvalue weighted by atomic mass is 10.0. The molecule has 0 spiro atoms. The quantitative estimate of drug-likeness (QED) is 0.338. The molecule has 0 saturated heterocycles. The fraction of sp³-hybridized carbons (Fsp3) is 0.385. The van der Waals surface area contributed by atoms with Crippen LogP contribution < -0.4 is 5.32 Å². The van der Waals surface area contributed by atoms with Gasteiger partial charge in [0.15, 0.2) is 11.5 Å². The predicted octanol–water partition coefficient (Wildman–Crippen LogP) is 6.69. The number of anilines is 1. The number of nitrogens with zero attached hydrogens (tertiary/aromatic N) is 4. The van der Waals surface area contributed by atoms with E-state index in [1.807, 2.05) is 18.2 Å². The first-order valence-electron chi connectivity index (χ1n) is 11.4. The Hall–Kier alpha value is -2.86. The Kier molecular flexibility index (Phi) is 7.33. The van der Waals surface area contributed by atoms with Gasteiger partial charge in [0.05, 0.1) is 0 Å². The Morgan fingerprint density at radius 2 is 1.82 bits per heavy atom. The smallest absolute Gasteiger partial charge is 0.254 e. The van der Waals surface area contributed by atoms with Crippen molar-refractivity contribution in [2.75, 3.05) is 5.32 Å². The summed E-state index contributed by atoms with van der Waals surface area (Å²) in [6.45, 7) is 2.88. The van der Waals surface area contributed by atoms with Crippen molar-refractivity contribution in [1.82, 2.24) is 15.0 Å². The van der Waals surface area contributed by atoms with Crippen LogP contribution in [0, 0.1) is 5.92 Å². The molecule has 7 heteroatoms. The van der Waals surface area contributed by atoms with Gasteiger partial charge in [-0.3, -0.25) is 0 Å². The molecule has 0 radical (unpaired) electrons. The fourth-order valence-corrected chi connectivity index (χ4v) is 3.82. The molecule has 0 aliphatic heterocycles. The van der Waals surface area contributed by atoms with E-state index in [1.165, 1.54) is 32.3 Å². The minimum atomic E-state index is -1.70. The summed E-state index contributed by atoms with van der Waals surface area (Å²) >= 11 is 5.94. The second kappa shape index (κ2) is 10.4. The molecule has 1 aliphatic rings. The molecule has 3 aromatic rings. The third kappa shape index (κ3) is 7.06. The molecule has 4 rings (SSSR count). The molecule has 172 valence electrons. The van der Waals surface area contributed by atoms with Crippen LogP contribution in [0.15, 0.2) is 59.6 Å². The van der Waals surface area contributed by atoms with E-state index in [0.29, 0.717) is 16.9 Å². The van der Waals surface area contributed by atoms with Crippen LogP contribution in [-0.4, -0.2) is 27.2 Å². The first-order chi connectivity index (χ1) is 15.9. The Bertz CT molecular complexity index is 1080. The summed E-state index contributed by atoms with van der Waals surface area (Å²) in [5, 5.41) is 4.12. The summed E-state index contributed by atoms with van der Waals surface area (Å²) in [6.07, 6.45) is 7.12. The average molecular weight is 466 g/mol. The third-order valence-electron chi connectivity index (χ3n) is 5.68. The van der Waals surface area contributed by atoms with Crippen molar-refractivity contribution in [1.29, 1.82) is 0 Å². The van der Waals surface area contributed by atoms with Gasteiger partial charge >= 0.3 is 0 Å². The lowest BCUT2D eigenvalue weighted by Crippen LogP contribution is -2.25. The molecule has 1 aliphatic carbocycles. The SMILES string of the molecule is CC(C)(F)c1nc(N=Cc2ccc(Cl)cc2)nc(NC(CCCc2ccccc2)C2CC2)n1. The summed E-state index contributed by atoms with van der Waals surface area (Å²) in [4.78, 5) is 17.5. The standard InChI is InChI=1S/C26H29ClFN5/c1-26(2,28)23-31-24(29-17-19-11-15-21(27)16-12-19)33-25(32-23)30-22(20-13-14-20)10-6-9-18-7-4-3-5-8-18/h3-5,7-8,11-12,15-17,20,22H,6,9-10,13-14H2,1-2H3,(H,30,31,32,33). The Labute approximate surface area is 199 Å². The summed E-state index contributed by atoms with van der Waals surface area (Å²) in [5.74, 6) is 1.23. The highest BCUT2D eigenvalue weighted by atomic mass is 35.5. The largest absolute Gasteiger partial charge is 0.351 e. The molecular weight excluding hydrogens is 437 g/mol. The van der Waals surface area contributed by atoms with Gasteiger partial charge in [-0.1, -0.05) is 54.1 Å². The molecule has 1 N–H and O–H groups in total. The maximum absolute atomic E-state index is 14.7. The van der Waals surface area contributed by atoms with Gasteiger partial charge in [0.25, 0.3) is 5.95 Å². The Morgan fingerprint density at radius 1 is 1.09 bits per heavy atom. The molecule has 1 fully saturated rings. The van der Waals surface area contributed by atoms with Crippen molar-refractivity contribution in [3.05, 3.63) is 76.6 Å². The van der Waals surface area contributed by atoms with Crippen LogP contribution in [0.4, 0.5) is 16.3 Å². The van der Waals surface area contributed by atoms with Gasteiger partial charge in [0.1, 0.15) is 0 Å². The van der Waals surface area contributed by atoms with Gasteiger partial charge in [-0.2, -0.15) is 15.0 Å². The molecule has 0 amide bonds. The molecule has 2 aromatic carbocycles. The lowest BCUT2D eigenvalue weighted by Gasteiger charge is -2.20. The summed E-state index contributed by atoms with van der Waals surface area (Å²) in [6, 6.07) is 18.0. The molecule has 33 heavy (non-hydrogen) atoms. The fourth-order valence-electron chi connectivity index (χ4n) is 3.69.